The van der Waals surface area contributed by atoms with E-state index in [-0.39, 0.29) is 0 Å². The van der Waals surface area contributed by atoms with Crippen LogP contribution in [-0.4, -0.2) is 213 Å². The molecule has 0 spiro atoms. The van der Waals surface area contributed by atoms with Gasteiger partial charge in [-0.3, -0.25) is 39.2 Å². The summed E-state index contributed by atoms with van der Waals surface area (Å²) < 4.78 is 55.0. The third-order valence-electron chi connectivity index (χ3n) is 6.30. The second-order valence-corrected chi connectivity index (χ2v) is 24.5. The number of hydrogen-bond donors (Lipinski definition) is 0. The second-order valence-electron chi connectivity index (χ2n) is 13.3. The Morgan fingerprint density at radius 2 is 0.409 bits per heavy atom. The molecule has 0 bridgehead atoms. The predicted molar refractivity (Wildman–Crippen MR) is 180 cm³/mol. The lowest BCUT2D eigenvalue weighted by molar-refractivity contribution is -0.129. The maximum atomic E-state index is 6.98. The van der Waals surface area contributed by atoms with E-state index < -0.39 is 60.6 Å². The maximum absolute atomic E-state index is 6.98. The van der Waals surface area contributed by atoms with Crippen molar-refractivity contribution in [2.45, 2.75) is 51.6 Å². The van der Waals surface area contributed by atoms with Gasteiger partial charge in [0.2, 0.25) is 0 Å². The molecule has 1 rings (SSSR count). The minimum absolute atomic E-state index is 0.480. The summed E-state index contributed by atoms with van der Waals surface area (Å²) in [5.74, 6) is 0. The van der Waals surface area contributed by atoms with E-state index in [1.807, 2.05) is 178 Å². The first kappa shape index (κ1) is 42.3. The molecule has 264 valence electrons. The summed E-state index contributed by atoms with van der Waals surface area (Å²) >= 11 is 0. The van der Waals surface area contributed by atoms with Crippen LogP contribution in [0.25, 0.3) is 0 Å². The molecule has 1 aliphatic rings. The van der Waals surface area contributed by atoms with Gasteiger partial charge in [0, 0.05) is 26.2 Å². The van der Waals surface area contributed by atoms with Gasteiger partial charge in [0.25, 0.3) is 0 Å². The lowest BCUT2D eigenvalue weighted by atomic mass is 10.7. The topological polar surface area (TPSA) is 99.8 Å². The Bertz CT molecular complexity index is 702. The fraction of sp³-hybridized carbons (Fsp3) is 1.00. The van der Waals surface area contributed by atoms with Crippen molar-refractivity contribution in [3.05, 3.63) is 0 Å². The first-order valence-electron chi connectivity index (χ1n) is 14.6. The van der Waals surface area contributed by atoms with Crippen molar-refractivity contribution < 1.29 is 34.2 Å². The lowest BCUT2D eigenvalue weighted by Gasteiger charge is -2.51. The van der Waals surface area contributed by atoms with E-state index in [1.165, 1.54) is 0 Å². The van der Waals surface area contributed by atoms with E-state index in [0.29, 0.717) is 0 Å². The van der Waals surface area contributed by atoms with Crippen molar-refractivity contribution in [2.24, 2.45) is 0 Å². The molecule has 0 atom stereocenters. The van der Waals surface area contributed by atoms with Crippen LogP contribution < -0.4 is 0 Å². The van der Waals surface area contributed by atoms with Gasteiger partial charge in [-0.2, -0.15) is 0 Å². The van der Waals surface area contributed by atoms with Crippen LogP contribution in [0.4, 0.5) is 0 Å². The van der Waals surface area contributed by atoms with Gasteiger partial charge in [0.1, 0.15) is 0 Å². The molecular weight excluding hydrogens is 641 g/mol. The maximum Gasteiger partial charge on any atom is 0.485 e. The molecule has 1 aliphatic heterocycles. The van der Waals surface area contributed by atoms with Crippen LogP contribution in [0.2, 0.25) is 26.2 Å². The normalized spacial score (nSPS) is 29.5. The van der Waals surface area contributed by atoms with Gasteiger partial charge < -0.3 is 34.2 Å². The molecule has 1 fully saturated rings. The molecule has 0 aromatic heterocycles. The highest BCUT2D eigenvalue weighted by atomic mass is 28.6. The Balaban J connectivity index is 3.93. The van der Waals surface area contributed by atoms with Crippen molar-refractivity contribution in [3.8, 4) is 0 Å². The molecule has 0 amide bonds. The van der Waals surface area contributed by atoms with Crippen LogP contribution in [0.3, 0.4) is 0 Å². The molecule has 20 heteroatoms. The van der Waals surface area contributed by atoms with Crippen molar-refractivity contribution in [1.82, 2.24) is 39.2 Å². The highest BCUT2D eigenvalue weighted by Crippen LogP contribution is 2.36. The molecule has 0 aliphatic carbocycles. The monoisotopic (exact) mass is 704 g/mol. The van der Waals surface area contributed by atoms with Gasteiger partial charge >= 0.3 is 35.2 Å². The summed E-state index contributed by atoms with van der Waals surface area (Å²) in [6.07, 6.45) is -1.92. The summed E-state index contributed by atoms with van der Waals surface area (Å²) in [6, 6.07) is 0. The number of hydrogen-bond acceptors (Lipinski definition) is 16. The summed E-state index contributed by atoms with van der Waals surface area (Å²) in [4.78, 5) is 15.5. The molecule has 0 saturated carbocycles. The Kier molecular flexibility index (Phi) is 15.9. The molecule has 1 saturated heterocycles. The van der Waals surface area contributed by atoms with Crippen LogP contribution in [0.5, 0.6) is 0 Å². The Morgan fingerprint density at radius 1 is 0.295 bits per heavy atom. The minimum Gasteiger partial charge on any atom is -0.373 e. The highest BCUT2D eigenvalue weighted by Gasteiger charge is 2.65. The molecule has 0 radical (unpaired) electrons. The highest BCUT2D eigenvalue weighted by molar-refractivity contribution is 6.88. The summed E-state index contributed by atoms with van der Waals surface area (Å²) in [5.41, 5.74) is 0. The first-order chi connectivity index (χ1) is 19.8. The number of nitrogens with zero attached hydrogens (tertiary/aromatic N) is 8. The predicted octanol–water partition coefficient (Wildman–Crippen LogP) is 0.0348. The zero-order valence-corrected chi connectivity index (χ0v) is 35.2. The van der Waals surface area contributed by atoms with E-state index >= 15 is 0 Å². The van der Waals surface area contributed by atoms with Crippen molar-refractivity contribution in [3.63, 3.8) is 0 Å². The molecule has 1 heterocycles. The zero-order chi connectivity index (χ0) is 34.6. The average molecular weight is 705 g/mol. The molecule has 16 nitrogen and oxygen atoms in total. The van der Waals surface area contributed by atoms with E-state index in [0.717, 1.165) is 0 Å². The fourth-order valence-corrected chi connectivity index (χ4v) is 22.8. The number of rotatable bonds is 16. The van der Waals surface area contributed by atoms with Gasteiger partial charge in [-0.05, 0) is 113 Å². The largest absolute Gasteiger partial charge is 0.485 e. The fourth-order valence-electron chi connectivity index (χ4n) is 5.08. The first-order valence-corrected chi connectivity index (χ1v) is 23.5. The molecule has 0 unspecified atom stereocenters. The Labute approximate surface area is 272 Å². The van der Waals surface area contributed by atoms with Crippen LogP contribution in [0.1, 0.15) is 0 Å². The van der Waals surface area contributed by atoms with Crippen molar-refractivity contribution >= 4 is 35.2 Å². The van der Waals surface area contributed by atoms with Crippen LogP contribution in [0, 0.1) is 0 Å². The standard InChI is InChI=1S/C24H64N8O8Si4/c1-25(2)21(26(3)4)33-41(17)37-42(18,34-22(27(5)6)28(7)8)39-44(20,36-24(31(13)14)32(15)16)40-43(19,38-41)35-23(29(9)10)30(11)12/h21-24H,1-20H3. The average Bonchev–Trinajstić information content (AvgIpc) is 2.80. The second kappa shape index (κ2) is 16.6. The zero-order valence-electron chi connectivity index (χ0n) is 31.2. The van der Waals surface area contributed by atoms with Crippen molar-refractivity contribution in [1.29, 1.82) is 0 Å². The molecule has 0 aromatic rings. The smallest absolute Gasteiger partial charge is 0.373 e. The van der Waals surface area contributed by atoms with Gasteiger partial charge in [-0.15, -0.1) is 0 Å². The van der Waals surface area contributed by atoms with Gasteiger partial charge in [0.15, 0.2) is 25.4 Å². The third kappa shape index (κ3) is 12.4. The minimum atomic E-state index is -3.69. The van der Waals surface area contributed by atoms with Gasteiger partial charge in [0.05, 0.1) is 0 Å². The molecular formula is C24H64N8O8Si4. The summed E-state index contributed by atoms with van der Waals surface area (Å²) in [7, 11) is 16.2. The van der Waals surface area contributed by atoms with E-state index in [4.69, 9.17) is 34.2 Å². The summed E-state index contributed by atoms with van der Waals surface area (Å²) in [6.45, 7) is 7.38. The molecule has 0 N–H and O–H groups in total. The van der Waals surface area contributed by atoms with E-state index in [2.05, 4.69) is 0 Å². The third-order valence-corrected chi connectivity index (χ3v) is 20.7. The Hall–Kier alpha value is 0.228. The molecule has 44 heavy (non-hydrogen) atoms. The molecule has 0 aromatic carbocycles. The van der Waals surface area contributed by atoms with Crippen molar-refractivity contribution in [2.75, 3.05) is 113 Å². The summed E-state index contributed by atoms with van der Waals surface area (Å²) in [5, 5.41) is 0. The van der Waals surface area contributed by atoms with E-state index in [9.17, 15) is 0 Å². The SMILES string of the molecule is CN(C)C(O[Si]1(C)O[Si](C)(OC(N(C)C)N(C)C)O[Si](C)(OC(N(C)C)N(C)C)O[Si](C)(OC(N(C)C)N(C)C)O1)N(C)C. The van der Waals surface area contributed by atoms with E-state index in [1.54, 1.807) is 0 Å². The Morgan fingerprint density at radius 3 is 0.500 bits per heavy atom. The van der Waals surface area contributed by atoms with Gasteiger partial charge in [-0.1, -0.05) is 0 Å². The van der Waals surface area contributed by atoms with Crippen LogP contribution >= 0.6 is 0 Å². The van der Waals surface area contributed by atoms with Gasteiger partial charge in [-0.25, -0.2) is 0 Å². The van der Waals surface area contributed by atoms with Crippen LogP contribution in [-0.2, 0) is 34.2 Å². The van der Waals surface area contributed by atoms with Crippen LogP contribution in [0.15, 0.2) is 0 Å². The lowest BCUT2D eigenvalue weighted by Crippen LogP contribution is -2.74. The quantitative estimate of drug-likeness (QED) is 0.160.